The molecule has 0 aromatic carbocycles. The maximum Gasteiger partial charge on any atom is 0.396 e. The summed E-state index contributed by atoms with van der Waals surface area (Å²) in [6, 6.07) is 0. The molecule has 2 aromatic heterocycles. The quantitative estimate of drug-likeness (QED) is 0.320. The van der Waals surface area contributed by atoms with Gasteiger partial charge in [0.15, 0.2) is 0 Å². The highest BCUT2D eigenvalue weighted by Crippen LogP contribution is 2.44. The van der Waals surface area contributed by atoms with Crippen LogP contribution < -0.4 is 10.6 Å². The molecule has 0 fully saturated rings. The summed E-state index contributed by atoms with van der Waals surface area (Å²) in [5.74, 6) is -17.3. The normalized spacial score (nSPS) is 18.8. The number of nitrogens with one attached hydrogen (secondary N) is 2. The highest BCUT2D eigenvalue weighted by Gasteiger charge is 2.67. The van der Waals surface area contributed by atoms with Gasteiger partial charge in [-0.25, -0.2) is 9.59 Å². The number of rotatable bonds is 7. The van der Waals surface area contributed by atoms with E-state index in [1.54, 1.807) is 10.6 Å². The number of ether oxygens (including phenoxy) is 2. The van der Waals surface area contributed by atoms with Crippen LogP contribution in [0.25, 0.3) is 0 Å². The van der Waals surface area contributed by atoms with Crippen LogP contribution in [0.2, 0.25) is 0 Å². The van der Waals surface area contributed by atoms with Gasteiger partial charge in [-0.2, -0.15) is 17.6 Å². The Hall–Kier alpha value is -3.00. The smallest absolute Gasteiger partial charge is 0.396 e. The van der Waals surface area contributed by atoms with Gasteiger partial charge >= 0.3 is 35.6 Å². The number of esters is 2. The summed E-state index contributed by atoms with van der Waals surface area (Å²) in [5.41, 5.74) is 0.716. The first kappa shape index (κ1) is 30.0. The fraction of sp³-hybridized carbons (Fsp3) is 0.538. The first-order valence-corrected chi connectivity index (χ1v) is 14.2. The zero-order valence-electron chi connectivity index (χ0n) is 22.2. The lowest BCUT2D eigenvalue weighted by Gasteiger charge is -2.24. The monoisotopic (exact) mass is 604 g/mol. The van der Waals surface area contributed by atoms with E-state index in [-0.39, 0.29) is 33.0 Å². The van der Waals surface area contributed by atoms with E-state index in [4.69, 9.17) is 9.47 Å². The fourth-order valence-corrected chi connectivity index (χ4v) is 7.75. The van der Waals surface area contributed by atoms with E-state index in [0.29, 0.717) is 59.4 Å². The number of alkyl halides is 4. The molecule has 0 aliphatic heterocycles. The van der Waals surface area contributed by atoms with Crippen molar-refractivity contribution in [2.75, 3.05) is 24.9 Å². The van der Waals surface area contributed by atoms with Gasteiger partial charge in [-0.3, -0.25) is 9.59 Å². The number of anilines is 2. The molecule has 0 bridgehead atoms. The highest BCUT2D eigenvalue weighted by atomic mass is 32.1. The number of hydrogen-bond donors (Lipinski definition) is 2. The van der Waals surface area contributed by atoms with Crippen LogP contribution in [0.1, 0.15) is 68.3 Å². The number of fused-ring (bicyclic) bond motifs is 2. The van der Waals surface area contributed by atoms with Gasteiger partial charge < -0.3 is 20.1 Å². The SMILES string of the molecule is COC(=O)c1c(NC(=O)C(F)(F)C(F)(F)C(=O)Nc2sc3c(c2C(=O)OC)CC[C@H](C)C3)sc2c1CC[C@@H](C)C2. The minimum atomic E-state index is -5.51. The topological polar surface area (TPSA) is 111 Å². The van der Waals surface area contributed by atoms with E-state index in [0.717, 1.165) is 36.9 Å². The second-order valence-corrected chi connectivity index (χ2v) is 12.4. The molecule has 14 heteroatoms. The molecule has 2 atom stereocenters. The molecule has 0 unspecified atom stereocenters. The van der Waals surface area contributed by atoms with Crippen molar-refractivity contribution in [1.29, 1.82) is 0 Å². The van der Waals surface area contributed by atoms with Gasteiger partial charge in [0.2, 0.25) is 0 Å². The average molecular weight is 605 g/mol. The maximum absolute atomic E-state index is 15.0. The maximum atomic E-state index is 15.0. The number of amides is 2. The highest BCUT2D eigenvalue weighted by molar-refractivity contribution is 7.17. The molecule has 2 aromatic rings. The van der Waals surface area contributed by atoms with Gasteiger partial charge in [0.25, 0.3) is 0 Å². The number of halogens is 4. The van der Waals surface area contributed by atoms with Gasteiger partial charge in [0.1, 0.15) is 10.0 Å². The summed E-state index contributed by atoms with van der Waals surface area (Å²) in [6.07, 6.45) is 3.28. The second-order valence-electron chi connectivity index (χ2n) is 10.2. The lowest BCUT2D eigenvalue weighted by Crippen LogP contribution is -2.56. The van der Waals surface area contributed by atoms with E-state index < -0.39 is 35.6 Å². The molecule has 0 saturated carbocycles. The molecule has 4 rings (SSSR count). The molecule has 8 nitrogen and oxygen atoms in total. The van der Waals surface area contributed by atoms with E-state index in [2.05, 4.69) is 0 Å². The van der Waals surface area contributed by atoms with Crippen molar-refractivity contribution in [2.45, 2.75) is 64.2 Å². The zero-order valence-corrected chi connectivity index (χ0v) is 23.8. The Kier molecular flexibility index (Phi) is 8.32. The van der Waals surface area contributed by atoms with Crippen LogP contribution in [0.3, 0.4) is 0 Å². The predicted molar refractivity (Wildman–Crippen MR) is 141 cm³/mol. The van der Waals surface area contributed by atoms with E-state index in [1.807, 2.05) is 13.8 Å². The second kappa shape index (κ2) is 11.1. The van der Waals surface area contributed by atoms with Gasteiger partial charge in [-0.15, -0.1) is 22.7 Å². The van der Waals surface area contributed by atoms with Gasteiger partial charge in [-0.05, 0) is 61.5 Å². The molecule has 2 aliphatic carbocycles. The van der Waals surface area contributed by atoms with Crippen LogP contribution in [-0.2, 0) is 44.7 Å². The third-order valence-electron chi connectivity index (χ3n) is 7.22. The Balaban J connectivity index is 1.60. The average Bonchev–Trinajstić information content (AvgIpc) is 3.43. The van der Waals surface area contributed by atoms with Crippen molar-refractivity contribution >= 4 is 56.4 Å². The minimum Gasteiger partial charge on any atom is -0.465 e. The van der Waals surface area contributed by atoms with Crippen LogP contribution >= 0.6 is 22.7 Å². The van der Waals surface area contributed by atoms with Crippen LogP contribution in [-0.4, -0.2) is 49.8 Å². The van der Waals surface area contributed by atoms with Crippen LogP contribution in [0.5, 0.6) is 0 Å². The van der Waals surface area contributed by atoms with Crippen molar-refractivity contribution in [1.82, 2.24) is 0 Å². The lowest BCUT2D eigenvalue weighted by molar-refractivity contribution is -0.204. The molecule has 0 spiro atoms. The van der Waals surface area contributed by atoms with Gasteiger partial charge in [-0.1, -0.05) is 13.8 Å². The first-order valence-electron chi connectivity index (χ1n) is 12.6. The van der Waals surface area contributed by atoms with E-state index in [1.165, 1.54) is 0 Å². The summed E-state index contributed by atoms with van der Waals surface area (Å²) in [7, 11) is 2.14. The molecular formula is C26H28F4N2O6S2. The molecule has 218 valence electrons. The van der Waals surface area contributed by atoms with Gasteiger partial charge in [0, 0.05) is 9.75 Å². The van der Waals surface area contributed by atoms with Gasteiger partial charge in [0.05, 0.1) is 25.3 Å². The lowest BCUT2D eigenvalue weighted by atomic mass is 9.88. The Bertz CT molecular complexity index is 1270. The molecule has 2 N–H and O–H groups in total. The van der Waals surface area contributed by atoms with E-state index >= 15 is 0 Å². The van der Waals surface area contributed by atoms with E-state index in [9.17, 15) is 36.7 Å². The summed E-state index contributed by atoms with van der Waals surface area (Å²) < 4.78 is 69.4. The number of thiophene rings is 2. The summed E-state index contributed by atoms with van der Waals surface area (Å²) >= 11 is 1.67. The Morgan fingerprint density at radius 3 is 1.40 bits per heavy atom. The van der Waals surface area contributed by atoms with Crippen molar-refractivity contribution in [3.63, 3.8) is 0 Å². The summed E-state index contributed by atoms with van der Waals surface area (Å²) in [6.45, 7) is 3.92. The Labute approximate surface area is 235 Å². The predicted octanol–water partition coefficient (Wildman–Crippen LogP) is 5.48. The van der Waals surface area contributed by atoms with Crippen molar-refractivity contribution in [2.24, 2.45) is 11.8 Å². The Morgan fingerprint density at radius 2 is 1.07 bits per heavy atom. The van der Waals surface area contributed by atoms with Crippen LogP contribution in [0.15, 0.2) is 0 Å². The first-order chi connectivity index (χ1) is 18.7. The van der Waals surface area contributed by atoms with Crippen LogP contribution in [0, 0.1) is 11.8 Å². The standard InChI is InChI=1S/C26H28F4N2O6S2/c1-11-5-7-13-15(9-11)39-19(17(13)21(33)37-3)31-23(35)25(27,28)26(29,30)24(36)32-20-18(22(34)38-4)14-8-6-12(2)10-16(14)40-20/h11-12H,5-10H2,1-4H3,(H,31,35)(H,32,36)/t11-,12+. The summed E-state index contributed by atoms with van der Waals surface area (Å²) in [5, 5.41) is 2.79. The molecule has 2 aliphatic rings. The van der Waals surface area contributed by atoms with Crippen molar-refractivity contribution < 1.29 is 46.2 Å². The number of hydrogen-bond acceptors (Lipinski definition) is 8. The molecule has 0 radical (unpaired) electrons. The number of carbonyl (C=O) groups is 4. The number of methoxy groups -OCH3 is 2. The molecule has 2 amide bonds. The minimum absolute atomic E-state index is 0.160. The third kappa shape index (κ3) is 5.22. The molecule has 2 heterocycles. The van der Waals surface area contributed by atoms with Crippen molar-refractivity contribution in [3.05, 3.63) is 32.0 Å². The fourth-order valence-electron chi connectivity index (χ4n) is 4.96. The molecule has 0 saturated heterocycles. The molecular weight excluding hydrogens is 576 g/mol. The Morgan fingerprint density at radius 1 is 0.725 bits per heavy atom. The number of carbonyl (C=O) groups excluding carboxylic acids is 4. The summed E-state index contributed by atoms with van der Waals surface area (Å²) in [4.78, 5) is 51.2. The third-order valence-corrected chi connectivity index (χ3v) is 9.56. The van der Waals surface area contributed by atoms with Crippen LogP contribution in [0.4, 0.5) is 27.6 Å². The molecule has 40 heavy (non-hydrogen) atoms. The largest absolute Gasteiger partial charge is 0.465 e. The van der Waals surface area contributed by atoms with Crippen molar-refractivity contribution in [3.8, 4) is 0 Å². The zero-order chi connectivity index (χ0) is 29.6.